The van der Waals surface area contributed by atoms with Gasteiger partial charge in [-0.05, 0) is 34.0 Å². The van der Waals surface area contributed by atoms with Crippen molar-refractivity contribution in [1.82, 2.24) is 0 Å². The second-order valence-corrected chi connectivity index (χ2v) is 8.69. The van der Waals surface area contributed by atoms with Gasteiger partial charge in [-0.1, -0.05) is 13.8 Å². The van der Waals surface area contributed by atoms with Gasteiger partial charge in [0.15, 0.2) is 15.1 Å². The number of hydrogen-bond donors (Lipinski definition) is 1. The van der Waals surface area contributed by atoms with Crippen LogP contribution in [0.3, 0.4) is 0 Å². The predicted octanol–water partition coefficient (Wildman–Crippen LogP) is 2.53. The fourth-order valence-corrected chi connectivity index (χ4v) is 5.39. The van der Waals surface area contributed by atoms with Gasteiger partial charge in [0.1, 0.15) is 0 Å². The first-order valence-corrected chi connectivity index (χ1v) is 8.25. The van der Waals surface area contributed by atoms with Crippen molar-refractivity contribution in [1.29, 1.82) is 0 Å². The summed E-state index contributed by atoms with van der Waals surface area (Å²) in [4.78, 5) is 11.6. The summed E-state index contributed by atoms with van der Waals surface area (Å²) in [6.45, 7) is 3.20. The number of rotatable bonds is 5. The minimum atomic E-state index is -3.67. The average Bonchev–Trinajstić information content (AvgIpc) is 2.47. The first-order chi connectivity index (χ1) is 7.74. The highest BCUT2D eigenvalue weighted by molar-refractivity contribution is 9.11. The van der Waals surface area contributed by atoms with E-state index in [4.69, 9.17) is 5.11 Å². The molecule has 0 aromatic carbocycles. The molecule has 7 heteroatoms. The van der Waals surface area contributed by atoms with Crippen LogP contribution in [0.2, 0.25) is 0 Å². The molecular weight excluding hydrogens is 328 g/mol. The number of thiophene rings is 1. The Morgan fingerprint density at radius 2 is 2.06 bits per heavy atom. The Balaban J connectivity index is 2.98. The highest BCUT2D eigenvalue weighted by Crippen LogP contribution is 2.26. The van der Waals surface area contributed by atoms with Crippen molar-refractivity contribution in [3.8, 4) is 0 Å². The Bertz CT molecular complexity index is 504. The molecule has 0 spiro atoms. The third-order valence-corrected chi connectivity index (χ3v) is 6.25. The fraction of sp³-hybridized carbons (Fsp3) is 0.500. The zero-order valence-electron chi connectivity index (χ0n) is 9.38. The molecule has 1 aromatic rings. The SMILES string of the molecule is CC(C)C(C(=O)O)S(=O)(=O)Cc1ccc(Br)s1. The van der Waals surface area contributed by atoms with Gasteiger partial charge in [-0.15, -0.1) is 11.3 Å². The lowest BCUT2D eigenvalue weighted by Gasteiger charge is -2.16. The van der Waals surface area contributed by atoms with Crippen LogP contribution in [0.25, 0.3) is 0 Å². The molecule has 0 fully saturated rings. The molecule has 0 aliphatic rings. The molecule has 0 bridgehead atoms. The van der Waals surface area contributed by atoms with Gasteiger partial charge in [-0.25, -0.2) is 8.42 Å². The molecule has 0 aliphatic carbocycles. The summed E-state index contributed by atoms with van der Waals surface area (Å²) in [6, 6.07) is 3.44. The second kappa shape index (κ2) is 5.49. The highest BCUT2D eigenvalue weighted by Gasteiger charge is 2.35. The molecule has 1 heterocycles. The summed E-state index contributed by atoms with van der Waals surface area (Å²) in [6.07, 6.45) is 0. The lowest BCUT2D eigenvalue weighted by Crippen LogP contribution is -2.35. The van der Waals surface area contributed by atoms with E-state index in [-0.39, 0.29) is 5.75 Å². The summed E-state index contributed by atoms with van der Waals surface area (Å²) < 4.78 is 24.8. The first kappa shape index (κ1) is 14.7. The Labute approximate surface area is 113 Å². The van der Waals surface area contributed by atoms with Crippen LogP contribution in [0.5, 0.6) is 0 Å². The van der Waals surface area contributed by atoms with E-state index in [1.165, 1.54) is 11.3 Å². The van der Waals surface area contributed by atoms with Crippen LogP contribution in [0, 0.1) is 5.92 Å². The maximum Gasteiger partial charge on any atom is 0.322 e. The third-order valence-electron chi connectivity index (χ3n) is 2.21. The Kier molecular flexibility index (Phi) is 4.74. The van der Waals surface area contributed by atoms with Crippen molar-refractivity contribution < 1.29 is 18.3 Å². The van der Waals surface area contributed by atoms with Crippen LogP contribution >= 0.6 is 27.3 Å². The van der Waals surface area contributed by atoms with Crippen molar-refractivity contribution in [2.24, 2.45) is 5.92 Å². The summed E-state index contributed by atoms with van der Waals surface area (Å²) >= 11 is 4.54. The summed E-state index contributed by atoms with van der Waals surface area (Å²) in [5, 5.41) is 7.63. The van der Waals surface area contributed by atoms with Crippen molar-refractivity contribution in [3.63, 3.8) is 0 Å². The smallest absolute Gasteiger partial charge is 0.322 e. The number of hydrogen-bond acceptors (Lipinski definition) is 4. The molecule has 1 unspecified atom stereocenters. The van der Waals surface area contributed by atoms with Crippen molar-refractivity contribution in [2.75, 3.05) is 0 Å². The van der Waals surface area contributed by atoms with Gasteiger partial charge < -0.3 is 5.11 Å². The maximum atomic E-state index is 12.0. The van der Waals surface area contributed by atoms with Crippen molar-refractivity contribution in [2.45, 2.75) is 24.9 Å². The van der Waals surface area contributed by atoms with Crippen LogP contribution in [0.4, 0.5) is 0 Å². The Morgan fingerprint density at radius 3 is 2.41 bits per heavy atom. The summed E-state index contributed by atoms with van der Waals surface area (Å²) in [5.41, 5.74) is 0. The number of halogens is 1. The summed E-state index contributed by atoms with van der Waals surface area (Å²) in [5.74, 6) is -1.95. The zero-order chi connectivity index (χ0) is 13.2. The topological polar surface area (TPSA) is 71.4 Å². The van der Waals surface area contributed by atoms with Gasteiger partial charge >= 0.3 is 5.97 Å². The molecule has 17 heavy (non-hydrogen) atoms. The van der Waals surface area contributed by atoms with Gasteiger partial charge in [0.2, 0.25) is 0 Å². The molecule has 1 rings (SSSR count). The van der Waals surface area contributed by atoms with E-state index in [0.29, 0.717) is 4.88 Å². The van der Waals surface area contributed by atoms with Gasteiger partial charge in [0, 0.05) is 4.88 Å². The Hall–Kier alpha value is -0.400. The number of carboxylic acids is 1. The fourth-order valence-electron chi connectivity index (χ4n) is 1.57. The third kappa shape index (κ3) is 3.79. The van der Waals surface area contributed by atoms with Crippen molar-refractivity contribution >= 4 is 43.1 Å². The number of sulfone groups is 1. The minimum absolute atomic E-state index is 0.224. The normalized spacial score (nSPS) is 13.9. The number of aliphatic carboxylic acids is 1. The molecule has 0 saturated heterocycles. The minimum Gasteiger partial charge on any atom is -0.480 e. The van der Waals surface area contributed by atoms with Crippen LogP contribution in [0.15, 0.2) is 15.9 Å². The van der Waals surface area contributed by atoms with E-state index in [9.17, 15) is 13.2 Å². The first-order valence-electron chi connectivity index (χ1n) is 4.92. The van der Waals surface area contributed by atoms with E-state index in [1.54, 1.807) is 26.0 Å². The summed E-state index contributed by atoms with van der Waals surface area (Å²) in [7, 11) is -3.67. The van der Waals surface area contributed by atoms with Gasteiger partial charge in [-0.3, -0.25) is 4.79 Å². The molecular formula is C10H13BrO4S2. The molecule has 96 valence electrons. The highest BCUT2D eigenvalue weighted by atomic mass is 79.9. The van der Waals surface area contributed by atoms with E-state index < -0.39 is 27.0 Å². The van der Waals surface area contributed by atoms with E-state index in [2.05, 4.69) is 15.9 Å². The van der Waals surface area contributed by atoms with Gasteiger partial charge in [0.05, 0.1) is 9.54 Å². The van der Waals surface area contributed by atoms with Gasteiger partial charge in [0.25, 0.3) is 0 Å². The van der Waals surface area contributed by atoms with E-state index in [0.717, 1.165) is 3.79 Å². The molecule has 1 atom stereocenters. The van der Waals surface area contributed by atoms with E-state index >= 15 is 0 Å². The van der Waals surface area contributed by atoms with Gasteiger partial charge in [-0.2, -0.15) is 0 Å². The Morgan fingerprint density at radius 1 is 1.47 bits per heavy atom. The standard InChI is InChI=1S/C10H13BrO4S2/c1-6(2)9(10(12)13)17(14,15)5-7-3-4-8(11)16-7/h3-4,6,9H,5H2,1-2H3,(H,12,13). The van der Waals surface area contributed by atoms with E-state index in [1.807, 2.05) is 0 Å². The van der Waals surface area contributed by atoms with Crippen LogP contribution in [-0.2, 0) is 20.4 Å². The second-order valence-electron chi connectivity index (χ2n) is 4.02. The van der Waals surface area contributed by atoms with Crippen molar-refractivity contribution in [3.05, 3.63) is 20.8 Å². The van der Waals surface area contributed by atoms with Crippen LogP contribution in [-0.4, -0.2) is 24.7 Å². The number of carboxylic acid groups (broad SMARTS) is 1. The molecule has 4 nitrogen and oxygen atoms in total. The molecule has 0 amide bonds. The van der Waals surface area contributed by atoms with Crippen LogP contribution in [0.1, 0.15) is 18.7 Å². The molecule has 1 aromatic heterocycles. The van der Waals surface area contributed by atoms with Crippen LogP contribution < -0.4 is 0 Å². The maximum absolute atomic E-state index is 12.0. The molecule has 0 saturated carbocycles. The largest absolute Gasteiger partial charge is 0.480 e. The average molecular weight is 341 g/mol. The monoisotopic (exact) mass is 340 g/mol. The lowest BCUT2D eigenvalue weighted by atomic mass is 10.1. The predicted molar refractivity (Wildman–Crippen MR) is 70.9 cm³/mol. The quantitative estimate of drug-likeness (QED) is 0.893. The zero-order valence-corrected chi connectivity index (χ0v) is 12.6. The molecule has 1 N–H and O–H groups in total. The number of carbonyl (C=O) groups is 1. The lowest BCUT2D eigenvalue weighted by molar-refractivity contribution is -0.137. The molecule has 0 aliphatic heterocycles. The molecule has 0 radical (unpaired) electrons.